The second kappa shape index (κ2) is 8.79. The fraction of sp³-hybridized carbons (Fsp3) is 0.857. The van der Waals surface area contributed by atoms with Gasteiger partial charge in [0.1, 0.15) is 6.04 Å². The molecule has 20 heavy (non-hydrogen) atoms. The molecule has 3 atom stereocenters. The van der Waals surface area contributed by atoms with Crippen LogP contribution in [0.4, 0.5) is 4.79 Å². The average molecular weight is 286 g/mol. The molecule has 0 bridgehead atoms. The third-order valence-electron chi connectivity index (χ3n) is 3.72. The number of nitrogens with one attached hydrogen (secondary N) is 2. The highest BCUT2D eigenvalue weighted by molar-refractivity contribution is 5.82. The van der Waals surface area contributed by atoms with E-state index in [0.29, 0.717) is 25.4 Å². The first kappa shape index (κ1) is 16.8. The first-order chi connectivity index (χ1) is 9.52. The first-order valence-corrected chi connectivity index (χ1v) is 7.31. The maximum Gasteiger partial charge on any atom is 0.326 e. The third-order valence-corrected chi connectivity index (χ3v) is 3.72. The summed E-state index contributed by atoms with van der Waals surface area (Å²) in [6, 6.07) is -1.08. The van der Waals surface area contributed by atoms with E-state index in [9.17, 15) is 9.59 Å². The average Bonchev–Trinajstić information content (AvgIpc) is 2.37. The van der Waals surface area contributed by atoms with E-state index in [4.69, 9.17) is 9.84 Å². The van der Waals surface area contributed by atoms with Crippen molar-refractivity contribution in [3.05, 3.63) is 0 Å². The van der Waals surface area contributed by atoms with Crippen molar-refractivity contribution in [1.82, 2.24) is 10.6 Å². The van der Waals surface area contributed by atoms with Gasteiger partial charge in [0.25, 0.3) is 0 Å². The maximum atomic E-state index is 11.8. The van der Waals surface area contributed by atoms with E-state index in [1.165, 1.54) is 6.42 Å². The highest BCUT2D eigenvalue weighted by Gasteiger charge is 2.23. The van der Waals surface area contributed by atoms with Gasteiger partial charge in [-0.05, 0) is 31.6 Å². The minimum Gasteiger partial charge on any atom is -0.480 e. The minimum atomic E-state index is -1.01. The molecular formula is C14H26N2O4. The molecule has 0 heterocycles. The molecule has 3 unspecified atom stereocenters. The summed E-state index contributed by atoms with van der Waals surface area (Å²) in [6.07, 6.45) is 5.23. The van der Waals surface area contributed by atoms with Crippen LogP contribution >= 0.6 is 0 Å². The summed E-state index contributed by atoms with van der Waals surface area (Å²) >= 11 is 0. The Morgan fingerprint density at radius 3 is 2.75 bits per heavy atom. The van der Waals surface area contributed by atoms with E-state index in [2.05, 4.69) is 17.6 Å². The quantitative estimate of drug-likeness (QED) is 0.622. The van der Waals surface area contributed by atoms with Gasteiger partial charge in [0.15, 0.2) is 0 Å². The lowest BCUT2D eigenvalue weighted by molar-refractivity contribution is -0.139. The lowest BCUT2D eigenvalue weighted by Crippen LogP contribution is -2.49. The molecule has 0 aromatic carbocycles. The van der Waals surface area contributed by atoms with Crippen molar-refractivity contribution < 1.29 is 19.4 Å². The van der Waals surface area contributed by atoms with Gasteiger partial charge in [0.05, 0.1) is 0 Å². The molecule has 1 aliphatic carbocycles. The van der Waals surface area contributed by atoms with Crippen LogP contribution in [0.3, 0.4) is 0 Å². The summed E-state index contributed by atoms with van der Waals surface area (Å²) in [5.41, 5.74) is 0. The smallest absolute Gasteiger partial charge is 0.326 e. The number of rotatable bonds is 7. The van der Waals surface area contributed by atoms with Gasteiger partial charge in [-0.3, -0.25) is 0 Å². The second-order valence-corrected chi connectivity index (χ2v) is 5.61. The zero-order chi connectivity index (χ0) is 15.0. The standard InChI is InChI=1S/C14H26N2O4/c1-10-5-3-6-11(9-10)15-14(19)16-12(13(17)18)7-4-8-20-2/h10-12H,3-9H2,1-2H3,(H,17,18)(H2,15,16,19). The van der Waals surface area contributed by atoms with Crippen molar-refractivity contribution in [2.75, 3.05) is 13.7 Å². The molecular weight excluding hydrogens is 260 g/mol. The monoisotopic (exact) mass is 286 g/mol. The molecule has 116 valence electrons. The minimum absolute atomic E-state index is 0.159. The maximum absolute atomic E-state index is 11.8. The Morgan fingerprint density at radius 2 is 2.15 bits per heavy atom. The molecule has 6 nitrogen and oxygen atoms in total. The van der Waals surface area contributed by atoms with E-state index in [0.717, 1.165) is 19.3 Å². The Hall–Kier alpha value is -1.30. The van der Waals surface area contributed by atoms with Gasteiger partial charge < -0.3 is 20.5 Å². The number of carbonyl (C=O) groups is 2. The zero-order valence-electron chi connectivity index (χ0n) is 12.4. The molecule has 0 aromatic heterocycles. The van der Waals surface area contributed by atoms with E-state index < -0.39 is 12.0 Å². The highest BCUT2D eigenvalue weighted by atomic mass is 16.5. The summed E-state index contributed by atoms with van der Waals surface area (Å²) in [6.45, 7) is 2.67. The Kier molecular flexibility index (Phi) is 7.36. The number of carboxylic acids is 1. The van der Waals surface area contributed by atoms with Crippen molar-refractivity contribution in [2.45, 2.75) is 57.5 Å². The number of ether oxygens (including phenoxy) is 1. The Balaban J connectivity index is 2.35. The zero-order valence-corrected chi connectivity index (χ0v) is 12.4. The van der Waals surface area contributed by atoms with Crippen molar-refractivity contribution in [1.29, 1.82) is 0 Å². The van der Waals surface area contributed by atoms with Gasteiger partial charge in [-0.15, -0.1) is 0 Å². The van der Waals surface area contributed by atoms with Gasteiger partial charge in [-0.2, -0.15) is 0 Å². The Bertz CT molecular complexity index is 322. The summed E-state index contributed by atoms with van der Waals surface area (Å²) in [7, 11) is 1.57. The number of urea groups is 1. The number of hydrogen-bond donors (Lipinski definition) is 3. The van der Waals surface area contributed by atoms with Crippen LogP contribution in [-0.2, 0) is 9.53 Å². The van der Waals surface area contributed by atoms with Gasteiger partial charge in [0.2, 0.25) is 0 Å². The molecule has 0 aliphatic heterocycles. The summed E-state index contributed by atoms with van der Waals surface area (Å²) in [5.74, 6) is -0.390. The molecule has 6 heteroatoms. The molecule has 1 rings (SSSR count). The van der Waals surface area contributed by atoms with Crippen molar-refractivity contribution in [3.8, 4) is 0 Å². The number of methoxy groups -OCH3 is 1. The van der Waals surface area contributed by atoms with E-state index in [-0.39, 0.29) is 12.1 Å². The fourth-order valence-corrected chi connectivity index (χ4v) is 2.64. The first-order valence-electron chi connectivity index (χ1n) is 7.31. The molecule has 3 N–H and O–H groups in total. The predicted octanol–water partition coefficient (Wildman–Crippen LogP) is 1.74. The second-order valence-electron chi connectivity index (χ2n) is 5.61. The molecule has 1 aliphatic rings. The van der Waals surface area contributed by atoms with E-state index in [1.54, 1.807) is 7.11 Å². The van der Waals surface area contributed by atoms with Crippen LogP contribution in [0.25, 0.3) is 0 Å². The number of hydrogen-bond acceptors (Lipinski definition) is 3. The van der Waals surface area contributed by atoms with Crippen LogP contribution in [0, 0.1) is 5.92 Å². The number of carbonyl (C=O) groups excluding carboxylic acids is 1. The number of carboxylic acid groups (broad SMARTS) is 1. The van der Waals surface area contributed by atoms with Crippen molar-refractivity contribution in [3.63, 3.8) is 0 Å². The molecule has 0 aromatic rings. The fourth-order valence-electron chi connectivity index (χ4n) is 2.64. The Morgan fingerprint density at radius 1 is 1.40 bits per heavy atom. The normalized spacial score (nSPS) is 23.9. The summed E-state index contributed by atoms with van der Waals surface area (Å²) < 4.78 is 4.89. The molecule has 1 fully saturated rings. The number of amides is 2. The van der Waals surface area contributed by atoms with Gasteiger partial charge in [-0.1, -0.05) is 19.8 Å². The SMILES string of the molecule is COCCCC(NC(=O)NC1CCCC(C)C1)C(=O)O. The Labute approximate surface area is 120 Å². The largest absolute Gasteiger partial charge is 0.480 e. The van der Waals surface area contributed by atoms with Crippen LogP contribution < -0.4 is 10.6 Å². The topological polar surface area (TPSA) is 87.7 Å². The molecule has 0 spiro atoms. The van der Waals surface area contributed by atoms with Crippen LogP contribution in [0.2, 0.25) is 0 Å². The van der Waals surface area contributed by atoms with Crippen LogP contribution in [-0.4, -0.2) is 42.9 Å². The number of aliphatic carboxylic acids is 1. The van der Waals surface area contributed by atoms with Crippen LogP contribution in [0.5, 0.6) is 0 Å². The van der Waals surface area contributed by atoms with Gasteiger partial charge in [0, 0.05) is 19.8 Å². The molecule has 1 saturated carbocycles. The molecule has 0 radical (unpaired) electrons. The summed E-state index contributed by atoms with van der Waals surface area (Å²) in [5, 5.41) is 14.5. The predicted molar refractivity (Wildman–Crippen MR) is 75.6 cm³/mol. The van der Waals surface area contributed by atoms with E-state index >= 15 is 0 Å². The van der Waals surface area contributed by atoms with E-state index in [1.807, 2.05) is 0 Å². The van der Waals surface area contributed by atoms with Crippen molar-refractivity contribution in [2.24, 2.45) is 5.92 Å². The summed E-state index contributed by atoms with van der Waals surface area (Å²) in [4.78, 5) is 22.9. The van der Waals surface area contributed by atoms with Crippen molar-refractivity contribution >= 4 is 12.0 Å². The van der Waals surface area contributed by atoms with Gasteiger partial charge >= 0.3 is 12.0 Å². The third kappa shape index (κ3) is 6.23. The van der Waals surface area contributed by atoms with Gasteiger partial charge in [-0.25, -0.2) is 9.59 Å². The highest BCUT2D eigenvalue weighted by Crippen LogP contribution is 2.23. The lowest BCUT2D eigenvalue weighted by atomic mass is 9.87. The lowest BCUT2D eigenvalue weighted by Gasteiger charge is -2.28. The molecule has 0 saturated heterocycles. The van der Waals surface area contributed by atoms with Crippen LogP contribution in [0.15, 0.2) is 0 Å². The molecule has 2 amide bonds. The van der Waals surface area contributed by atoms with Crippen LogP contribution in [0.1, 0.15) is 45.4 Å².